The molecule has 8 nitrogen and oxygen atoms in total. The van der Waals surface area contributed by atoms with Crippen LogP contribution < -0.4 is 0 Å². The molecule has 0 radical (unpaired) electrons. The van der Waals surface area contributed by atoms with E-state index in [1.54, 1.807) is 0 Å². The van der Waals surface area contributed by atoms with E-state index in [-0.39, 0.29) is 31.0 Å². The Morgan fingerprint density at radius 2 is 0.643 bits per heavy atom. The van der Waals surface area contributed by atoms with Crippen molar-refractivity contribution in [2.24, 2.45) is 17.8 Å². The molecular formula is C20H42O8. The van der Waals surface area contributed by atoms with E-state index in [0.29, 0.717) is 0 Å². The van der Waals surface area contributed by atoms with Crippen molar-refractivity contribution in [3.8, 4) is 0 Å². The van der Waals surface area contributed by atoms with Crippen LogP contribution in [0.2, 0.25) is 0 Å². The predicted molar refractivity (Wildman–Crippen MR) is 109 cm³/mol. The third-order valence-corrected chi connectivity index (χ3v) is 4.10. The summed E-state index contributed by atoms with van der Waals surface area (Å²) in [5, 5.41) is 40.4. The number of carboxylic acid groups (broad SMARTS) is 3. The van der Waals surface area contributed by atoms with Crippen LogP contribution >= 0.6 is 0 Å². The molecule has 0 atom stereocenters. The van der Waals surface area contributed by atoms with E-state index in [2.05, 4.69) is 0 Å². The third kappa shape index (κ3) is 24.3. The van der Waals surface area contributed by atoms with Crippen molar-refractivity contribution in [3.63, 3.8) is 0 Å². The summed E-state index contributed by atoms with van der Waals surface area (Å²) in [5.41, 5.74) is 0. The van der Waals surface area contributed by atoms with Crippen LogP contribution in [0.15, 0.2) is 0 Å². The lowest BCUT2D eigenvalue weighted by molar-refractivity contribution is -0.142. The summed E-state index contributed by atoms with van der Waals surface area (Å²) in [7, 11) is 0. The SMILES string of the molecule is CCC(CC)C(=O)O.CCC(CC)C(=O)O.CCC(CC)C(=O)O.OCCO. The topological polar surface area (TPSA) is 152 Å². The highest BCUT2D eigenvalue weighted by molar-refractivity contribution is 5.70. The van der Waals surface area contributed by atoms with Gasteiger partial charge in [0.25, 0.3) is 0 Å². The van der Waals surface area contributed by atoms with Gasteiger partial charge in [-0.15, -0.1) is 0 Å². The van der Waals surface area contributed by atoms with Gasteiger partial charge in [0.1, 0.15) is 0 Å². The highest BCUT2D eigenvalue weighted by Crippen LogP contribution is 2.06. The summed E-state index contributed by atoms with van der Waals surface area (Å²) in [6, 6.07) is 0. The molecule has 0 saturated carbocycles. The summed E-state index contributed by atoms with van der Waals surface area (Å²) < 4.78 is 0. The maximum atomic E-state index is 10.2. The molecule has 0 rings (SSSR count). The largest absolute Gasteiger partial charge is 0.481 e. The molecule has 0 bridgehead atoms. The highest BCUT2D eigenvalue weighted by atomic mass is 16.4. The molecule has 0 aliphatic rings. The standard InChI is InChI=1S/3C6H12O2.C2H6O2/c3*1-3-5(4-2)6(7)8;3-1-2-4/h3*5H,3-4H2,1-2H3,(H,7,8);3-4H,1-2H2. The maximum Gasteiger partial charge on any atom is 0.306 e. The molecule has 28 heavy (non-hydrogen) atoms. The van der Waals surface area contributed by atoms with Crippen LogP contribution in [0.5, 0.6) is 0 Å². The second-order valence-electron chi connectivity index (χ2n) is 6.00. The molecule has 8 heteroatoms. The second kappa shape index (κ2) is 25.3. The van der Waals surface area contributed by atoms with E-state index in [1.165, 1.54) is 0 Å². The lowest BCUT2D eigenvalue weighted by Crippen LogP contribution is -2.10. The van der Waals surface area contributed by atoms with Crippen molar-refractivity contribution in [1.82, 2.24) is 0 Å². The van der Waals surface area contributed by atoms with E-state index < -0.39 is 17.9 Å². The average molecular weight is 411 g/mol. The first-order chi connectivity index (χ1) is 13.1. The first kappa shape index (κ1) is 33.9. The van der Waals surface area contributed by atoms with Gasteiger partial charge in [-0.1, -0.05) is 41.5 Å². The highest BCUT2D eigenvalue weighted by Gasteiger charge is 2.11. The molecule has 0 aliphatic carbocycles. The molecule has 0 aromatic carbocycles. The van der Waals surface area contributed by atoms with Crippen molar-refractivity contribution >= 4 is 17.9 Å². The van der Waals surface area contributed by atoms with Gasteiger partial charge in [0.05, 0.1) is 31.0 Å². The summed E-state index contributed by atoms with van der Waals surface area (Å²) in [6.07, 6.45) is 4.45. The molecule has 0 amide bonds. The van der Waals surface area contributed by atoms with Crippen LogP contribution in [-0.4, -0.2) is 56.7 Å². The molecule has 170 valence electrons. The molecule has 0 aliphatic heterocycles. The van der Waals surface area contributed by atoms with Crippen molar-refractivity contribution in [1.29, 1.82) is 0 Å². The second-order valence-corrected chi connectivity index (χ2v) is 6.00. The van der Waals surface area contributed by atoms with Gasteiger partial charge < -0.3 is 25.5 Å². The van der Waals surface area contributed by atoms with Crippen molar-refractivity contribution in [3.05, 3.63) is 0 Å². The summed E-state index contributed by atoms with van der Waals surface area (Å²) >= 11 is 0. The molecule has 0 spiro atoms. The van der Waals surface area contributed by atoms with Crippen molar-refractivity contribution < 1.29 is 39.9 Å². The van der Waals surface area contributed by atoms with Gasteiger partial charge in [-0.3, -0.25) is 14.4 Å². The van der Waals surface area contributed by atoms with Crippen molar-refractivity contribution in [2.45, 2.75) is 80.1 Å². The number of carbonyl (C=O) groups is 3. The minimum Gasteiger partial charge on any atom is -0.481 e. The fourth-order valence-electron chi connectivity index (χ4n) is 1.91. The van der Waals surface area contributed by atoms with Gasteiger partial charge in [-0.2, -0.15) is 0 Å². The Hall–Kier alpha value is -1.67. The first-order valence-electron chi connectivity index (χ1n) is 9.97. The van der Waals surface area contributed by atoms with Gasteiger partial charge in [0, 0.05) is 0 Å². The summed E-state index contributed by atoms with van der Waals surface area (Å²) in [4.78, 5) is 30.5. The number of rotatable bonds is 10. The Morgan fingerprint density at radius 3 is 0.643 bits per heavy atom. The number of aliphatic carboxylic acids is 3. The van der Waals surface area contributed by atoms with Crippen LogP contribution in [-0.2, 0) is 14.4 Å². The number of hydrogen-bond donors (Lipinski definition) is 5. The number of aliphatic hydroxyl groups excluding tert-OH is 2. The average Bonchev–Trinajstić information content (AvgIpc) is 2.65. The zero-order valence-corrected chi connectivity index (χ0v) is 18.3. The van der Waals surface area contributed by atoms with E-state index in [9.17, 15) is 14.4 Å². The Labute approximate surface area is 169 Å². The van der Waals surface area contributed by atoms with Crippen molar-refractivity contribution in [2.75, 3.05) is 13.2 Å². The fraction of sp³-hybridized carbons (Fsp3) is 0.850. The van der Waals surface area contributed by atoms with Gasteiger partial charge in [0.2, 0.25) is 0 Å². The molecule has 0 heterocycles. The monoisotopic (exact) mass is 410 g/mol. The predicted octanol–water partition coefficient (Wildman–Crippen LogP) is 3.49. The van der Waals surface area contributed by atoms with Crippen LogP contribution in [0.4, 0.5) is 0 Å². The first-order valence-corrected chi connectivity index (χ1v) is 9.97. The van der Waals surface area contributed by atoms with E-state index in [4.69, 9.17) is 25.5 Å². The Kier molecular flexibility index (Phi) is 30.6. The minimum absolute atomic E-state index is 0.125. The zero-order valence-electron chi connectivity index (χ0n) is 18.3. The number of hydrogen-bond acceptors (Lipinski definition) is 5. The molecule has 0 fully saturated rings. The molecule has 5 N–H and O–H groups in total. The Morgan fingerprint density at radius 1 is 0.500 bits per heavy atom. The zero-order chi connectivity index (χ0) is 23.1. The smallest absolute Gasteiger partial charge is 0.306 e. The van der Waals surface area contributed by atoms with E-state index in [1.807, 2.05) is 41.5 Å². The summed E-state index contributed by atoms with van der Waals surface area (Å²) in [5.74, 6) is -2.40. The molecule has 0 aromatic rings. The van der Waals surface area contributed by atoms with Gasteiger partial charge >= 0.3 is 17.9 Å². The van der Waals surface area contributed by atoms with Gasteiger partial charge in [-0.25, -0.2) is 0 Å². The molecule has 0 unspecified atom stereocenters. The van der Waals surface area contributed by atoms with E-state index >= 15 is 0 Å². The lowest BCUT2D eigenvalue weighted by atomic mass is 10.1. The van der Waals surface area contributed by atoms with Crippen LogP contribution in [0, 0.1) is 17.8 Å². The van der Waals surface area contributed by atoms with Gasteiger partial charge in [0.15, 0.2) is 0 Å². The lowest BCUT2D eigenvalue weighted by Gasteiger charge is -2.02. The van der Waals surface area contributed by atoms with Gasteiger partial charge in [-0.05, 0) is 38.5 Å². The molecule has 0 aromatic heterocycles. The normalized spacial score (nSPS) is 9.54. The number of aliphatic hydroxyl groups is 2. The van der Waals surface area contributed by atoms with Crippen LogP contribution in [0.1, 0.15) is 80.1 Å². The van der Waals surface area contributed by atoms with Crippen LogP contribution in [0.25, 0.3) is 0 Å². The quantitative estimate of drug-likeness (QED) is 0.367. The molecule has 0 saturated heterocycles. The Bertz CT molecular complexity index is 305. The summed E-state index contributed by atoms with van der Waals surface area (Å²) in [6.45, 7) is 11.1. The maximum absolute atomic E-state index is 10.2. The Balaban J connectivity index is -0.000000141. The molecular weight excluding hydrogens is 368 g/mol. The third-order valence-electron chi connectivity index (χ3n) is 4.10. The minimum atomic E-state index is -0.671. The van der Waals surface area contributed by atoms with E-state index in [0.717, 1.165) is 38.5 Å². The van der Waals surface area contributed by atoms with Crippen LogP contribution in [0.3, 0.4) is 0 Å². The number of carboxylic acids is 3. The fourth-order valence-corrected chi connectivity index (χ4v) is 1.91.